The lowest BCUT2D eigenvalue weighted by atomic mass is 9.97. The van der Waals surface area contributed by atoms with Gasteiger partial charge in [0.25, 0.3) is 0 Å². The number of pyridine rings is 1. The molecule has 1 saturated heterocycles. The minimum atomic E-state index is 0.342. The van der Waals surface area contributed by atoms with Crippen LogP contribution in [0.2, 0.25) is 0 Å². The second-order valence-corrected chi connectivity index (χ2v) is 5.93. The van der Waals surface area contributed by atoms with Crippen LogP contribution in [0.4, 0.5) is 0 Å². The monoisotopic (exact) mass is 247 g/mol. The van der Waals surface area contributed by atoms with Crippen molar-refractivity contribution in [1.82, 2.24) is 9.88 Å². The van der Waals surface area contributed by atoms with Crippen LogP contribution >= 0.6 is 11.3 Å². The summed E-state index contributed by atoms with van der Waals surface area (Å²) < 4.78 is 1.27. The van der Waals surface area contributed by atoms with Crippen molar-refractivity contribution in [3.63, 3.8) is 0 Å². The molecular formula is C13H17N3S. The number of hydrogen-bond acceptors (Lipinski definition) is 4. The number of piperidine rings is 1. The number of fused-ring (bicyclic) bond motifs is 1. The van der Waals surface area contributed by atoms with E-state index < -0.39 is 0 Å². The van der Waals surface area contributed by atoms with Gasteiger partial charge in [-0.1, -0.05) is 0 Å². The van der Waals surface area contributed by atoms with E-state index in [1.165, 1.54) is 9.58 Å². The maximum atomic E-state index is 6.08. The van der Waals surface area contributed by atoms with Crippen LogP contribution in [0.3, 0.4) is 0 Å². The van der Waals surface area contributed by atoms with Crippen molar-refractivity contribution in [2.24, 2.45) is 5.73 Å². The van der Waals surface area contributed by atoms with E-state index in [0.717, 1.165) is 24.9 Å². The Morgan fingerprint density at radius 2 is 2.41 bits per heavy atom. The summed E-state index contributed by atoms with van der Waals surface area (Å²) in [5.74, 6) is 0. The summed E-state index contributed by atoms with van der Waals surface area (Å²) in [7, 11) is 2.19. The Balaban J connectivity index is 1.96. The van der Waals surface area contributed by atoms with Crippen LogP contribution in [-0.2, 0) is 0 Å². The molecule has 0 saturated carbocycles. The molecule has 3 nitrogen and oxygen atoms in total. The van der Waals surface area contributed by atoms with E-state index >= 15 is 0 Å². The lowest BCUT2D eigenvalue weighted by Crippen LogP contribution is -2.39. The third kappa shape index (κ3) is 2.08. The first-order valence-corrected chi connectivity index (χ1v) is 6.86. The van der Waals surface area contributed by atoms with Crippen LogP contribution in [0.1, 0.15) is 23.8 Å². The topological polar surface area (TPSA) is 42.1 Å². The van der Waals surface area contributed by atoms with Gasteiger partial charge >= 0.3 is 0 Å². The molecule has 2 aromatic rings. The molecule has 0 aromatic carbocycles. The summed E-state index contributed by atoms with van der Waals surface area (Å²) in [6.45, 7) is 1.09. The first-order chi connectivity index (χ1) is 8.24. The fourth-order valence-electron chi connectivity index (χ4n) is 2.50. The maximum Gasteiger partial charge on any atom is 0.0813 e. The van der Waals surface area contributed by atoms with Crippen molar-refractivity contribution >= 4 is 21.6 Å². The number of thiophene rings is 1. The average molecular weight is 247 g/mol. The summed E-state index contributed by atoms with van der Waals surface area (Å²) >= 11 is 1.85. The van der Waals surface area contributed by atoms with Crippen molar-refractivity contribution in [1.29, 1.82) is 0 Å². The van der Waals surface area contributed by atoms with Crippen molar-refractivity contribution < 1.29 is 0 Å². The Hall–Kier alpha value is -0.970. The lowest BCUT2D eigenvalue weighted by molar-refractivity contribution is 0.174. The molecule has 2 N–H and O–H groups in total. The second kappa shape index (κ2) is 4.37. The highest BCUT2D eigenvalue weighted by atomic mass is 32.1. The number of hydrogen-bond donors (Lipinski definition) is 1. The van der Waals surface area contributed by atoms with Gasteiger partial charge in [-0.25, -0.2) is 0 Å². The Morgan fingerprint density at radius 3 is 3.24 bits per heavy atom. The molecule has 1 aliphatic rings. The van der Waals surface area contributed by atoms with Crippen LogP contribution in [0.25, 0.3) is 10.2 Å². The summed E-state index contributed by atoms with van der Waals surface area (Å²) in [6.07, 6.45) is 4.02. The fourth-order valence-corrected chi connectivity index (χ4v) is 3.70. The molecule has 1 aliphatic heterocycles. The number of rotatable bonds is 1. The normalized spacial score (nSPS) is 26.5. The molecule has 1 fully saturated rings. The molecule has 0 radical (unpaired) electrons. The Kier molecular flexibility index (Phi) is 2.86. The second-order valence-electron chi connectivity index (χ2n) is 4.82. The highest BCUT2D eigenvalue weighted by Gasteiger charge is 2.26. The summed E-state index contributed by atoms with van der Waals surface area (Å²) in [4.78, 5) is 8.21. The van der Waals surface area contributed by atoms with Crippen molar-refractivity contribution in [3.8, 4) is 0 Å². The zero-order valence-corrected chi connectivity index (χ0v) is 10.8. The molecular weight excluding hydrogens is 230 g/mol. The molecule has 17 heavy (non-hydrogen) atoms. The number of nitrogens with zero attached hydrogens (tertiary/aromatic N) is 2. The average Bonchev–Trinajstić information content (AvgIpc) is 2.75. The molecule has 0 aliphatic carbocycles. The van der Waals surface area contributed by atoms with E-state index in [-0.39, 0.29) is 0 Å². The van der Waals surface area contributed by atoms with Crippen LogP contribution in [0.5, 0.6) is 0 Å². The largest absolute Gasteiger partial charge is 0.328 e. The molecule has 2 aromatic heterocycles. The minimum Gasteiger partial charge on any atom is -0.328 e. The molecule has 4 heteroatoms. The predicted molar refractivity (Wildman–Crippen MR) is 72.2 cm³/mol. The highest BCUT2D eigenvalue weighted by molar-refractivity contribution is 7.19. The Labute approximate surface area is 105 Å². The molecule has 2 atom stereocenters. The SMILES string of the molecule is CN1CCC(N)CC1c1cc2ncccc2s1. The van der Waals surface area contributed by atoms with Gasteiger partial charge in [-0.2, -0.15) is 0 Å². The third-order valence-corrected chi connectivity index (χ3v) is 4.74. The molecule has 90 valence electrons. The highest BCUT2D eigenvalue weighted by Crippen LogP contribution is 2.35. The summed E-state index contributed by atoms with van der Waals surface area (Å²) in [6, 6.07) is 7.17. The van der Waals surface area contributed by atoms with Crippen molar-refractivity contribution in [2.75, 3.05) is 13.6 Å². The van der Waals surface area contributed by atoms with Crippen LogP contribution < -0.4 is 5.73 Å². The number of likely N-dealkylation sites (tertiary alicyclic amines) is 1. The maximum absolute atomic E-state index is 6.08. The molecule has 3 rings (SSSR count). The van der Waals surface area contributed by atoms with Gasteiger partial charge < -0.3 is 5.73 Å². The van der Waals surface area contributed by atoms with E-state index in [1.807, 2.05) is 23.6 Å². The summed E-state index contributed by atoms with van der Waals surface area (Å²) in [5, 5.41) is 0. The van der Waals surface area contributed by atoms with Gasteiger partial charge in [-0.3, -0.25) is 9.88 Å². The standard InChI is InChI=1S/C13H17N3S/c1-16-6-4-9(14)7-11(16)13-8-10-12(17-13)3-2-5-15-10/h2-3,5,8-9,11H,4,6-7,14H2,1H3. The molecule has 0 bridgehead atoms. The Bertz CT molecular complexity index is 489. The quantitative estimate of drug-likeness (QED) is 0.841. The van der Waals surface area contributed by atoms with Crippen LogP contribution in [-0.4, -0.2) is 29.5 Å². The van der Waals surface area contributed by atoms with Crippen LogP contribution in [0.15, 0.2) is 24.4 Å². The van der Waals surface area contributed by atoms with Gasteiger partial charge in [0.2, 0.25) is 0 Å². The van der Waals surface area contributed by atoms with Gasteiger partial charge in [-0.05, 0) is 44.6 Å². The zero-order chi connectivity index (χ0) is 11.8. The smallest absolute Gasteiger partial charge is 0.0813 e. The molecule has 2 unspecified atom stereocenters. The first-order valence-electron chi connectivity index (χ1n) is 6.04. The predicted octanol–water partition coefficient (Wildman–Crippen LogP) is 2.39. The third-order valence-electron chi connectivity index (χ3n) is 3.55. The molecule has 0 amide bonds. The van der Waals surface area contributed by atoms with Crippen LogP contribution in [0, 0.1) is 0 Å². The van der Waals surface area contributed by atoms with E-state index in [2.05, 4.69) is 29.1 Å². The van der Waals surface area contributed by atoms with Gasteiger partial charge in [0.15, 0.2) is 0 Å². The number of nitrogens with two attached hydrogens (primary N) is 1. The zero-order valence-electron chi connectivity index (χ0n) is 9.97. The number of aromatic nitrogens is 1. The van der Waals surface area contributed by atoms with E-state index in [0.29, 0.717) is 12.1 Å². The van der Waals surface area contributed by atoms with Gasteiger partial charge in [0.05, 0.1) is 10.2 Å². The lowest BCUT2D eigenvalue weighted by Gasteiger charge is -2.35. The first kappa shape index (κ1) is 11.1. The van der Waals surface area contributed by atoms with Gasteiger partial charge in [0.1, 0.15) is 0 Å². The Morgan fingerprint density at radius 1 is 1.53 bits per heavy atom. The van der Waals surface area contributed by atoms with Gasteiger partial charge in [-0.15, -0.1) is 11.3 Å². The summed E-state index contributed by atoms with van der Waals surface area (Å²) in [5.41, 5.74) is 7.19. The van der Waals surface area contributed by atoms with E-state index in [9.17, 15) is 0 Å². The van der Waals surface area contributed by atoms with E-state index in [1.54, 1.807) is 0 Å². The fraction of sp³-hybridized carbons (Fsp3) is 0.462. The van der Waals surface area contributed by atoms with E-state index in [4.69, 9.17) is 5.73 Å². The molecule has 3 heterocycles. The van der Waals surface area contributed by atoms with Crippen molar-refractivity contribution in [3.05, 3.63) is 29.3 Å². The minimum absolute atomic E-state index is 0.342. The van der Waals surface area contributed by atoms with Gasteiger partial charge in [0, 0.05) is 23.2 Å². The molecule has 0 spiro atoms. The van der Waals surface area contributed by atoms with Crippen molar-refractivity contribution in [2.45, 2.75) is 24.9 Å².